The lowest BCUT2D eigenvalue weighted by Gasteiger charge is -2.17. The SMILES string of the molecule is [N-]=[N+]=NCCCC(NC(=O)OCC1c2ccccc2-c2ccccc21)C(=O)O. The molecule has 3 rings (SSSR count). The summed E-state index contributed by atoms with van der Waals surface area (Å²) in [5.74, 6) is -1.25. The maximum absolute atomic E-state index is 12.1. The van der Waals surface area contributed by atoms with Crippen molar-refractivity contribution in [3.05, 3.63) is 70.1 Å². The van der Waals surface area contributed by atoms with Crippen molar-refractivity contribution in [3.8, 4) is 11.1 Å². The first kappa shape index (κ1) is 19.3. The number of benzene rings is 2. The summed E-state index contributed by atoms with van der Waals surface area (Å²) in [5.41, 5.74) is 12.7. The molecule has 144 valence electrons. The van der Waals surface area contributed by atoms with Crippen molar-refractivity contribution in [1.82, 2.24) is 5.32 Å². The Morgan fingerprint density at radius 2 is 1.75 bits per heavy atom. The van der Waals surface area contributed by atoms with Gasteiger partial charge >= 0.3 is 12.1 Å². The number of amides is 1. The van der Waals surface area contributed by atoms with Gasteiger partial charge in [0.2, 0.25) is 0 Å². The van der Waals surface area contributed by atoms with Crippen LogP contribution in [0.4, 0.5) is 4.79 Å². The molecule has 0 spiro atoms. The fourth-order valence-electron chi connectivity index (χ4n) is 3.45. The van der Waals surface area contributed by atoms with E-state index in [0.29, 0.717) is 6.42 Å². The molecule has 0 saturated heterocycles. The zero-order valence-corrected chi connectivity index (χ0v) is 15.1. The van der Waals surface area contributed by atoms with Crippen molar-refractivity contribution in [2.45, 2.75) is 24.8 Å². The summed E-state index contributed by atoms with van der Waals surface area (Å²) in [6, 6.07) is 14.8. The van der Waals surface area contributed by atoms with E-state index in [2.05, 4.69) is 15.3 Å². The van der Waals surface area contributed by atoms with E-state index in [1.165, 1.54) is 0 Å². The summed E-state index contributed by atoms with van der Waals surface area (Å²) >= 11 is 0. The lowest BCUT2D eigenvalue weighted by atomic mass is 9.98. The van der Waals surface area contributed by atoms with Gasteiger partial charge in [-0.1, -0.05) is 53.6 Å². The number of nitrogens with one attached hydrogen (secondary N) is 1. The third-order valence-electron chi connectivity index (χ3n) is 4.75. The number of hydrogen-bond acceptors (Lipinski definition) is 4. The number of carboxylic acid groups (broad SMARTS) is 1. The molecule has 0 bridgehead atoms. The lowest BCUT2D eigenvalue weighted by Crippen LogP contribution is -2.41. The number of carboxylic acids is 1. The highest BCUT2D eigenvalue weighted by Crippen LogP contribution is 2.44. The molecule has 2 aromatic carbocycles. The molecule has 8 heteroatoms. The Kier molecular flexibility index (Phi) is 6.14. The highest BCUT2D eigenvalue weighted by molar-refractivity contribution is 5.81. The maximum atomic E-state index is 12.1. The van der Waals surface area contributed by atoms with E-state index in [9.17, 15) is 14.7 Å². The molecule has 0 fully saturated rings. The minimum atomic E-state index is -1.16. The van der Waals surface area contributed by atoms with Crippen molar-refractivity contribution in [3.63, 3.8) is 0 Å². The van der Waals surface area contributed by atoms with E-state index >= 15 is 0 Å². The highest BCUT2D eigenvalue weighted by atomic mass is 16.5. The molecule has 1 amide bonds. The van der Waals surface area contributed by atoms with Crippen LogP contribution in [0.25, 0.3) is 21.6 Å². The number of azide groups is 1. The Hall–Kier alpha value is -3.51. The second kappa shape index (κ2) is 8.92. The first-order valence-electron chi connectivity index (χ1n) is 8.97. The van der Waals surface area contributed by atoms with Crippen molar-refractivity contribution < 1.29 is 19.4 Å². The van der Waals surface area contributed by atoms with E-state index in [1.54, 1.807) is 0 Å². The third kappa shape index (κ3) is 4.24. The highest BCUT2D eigenvalue weighted by Gasteiger charge is 2.29. The number of alkyl carbamates (subject to hydrolysis) is 1. The normalized spacial score (nSPS) is 13.0. The summed E-state index contributed by atoms with van der Waals surface area (Å²) in [4.78, 5) is 26.1. The number of aliphatic carboxylic acids is 1. The molecule has 0 aromatic heterocycles. The molecule has 0 heterocycles. The van der Waals surface area contributed by atoms with Crippen LogP contribution < -0.4 is 5.32 Å². The van der Waals surface area contributed by atoms with Crippen molar-refractivity contribution in [2.24, 2.45) is 5.11 Å². The van der Waals surface area contributed by atoms with Crippen LogP contribution in [0.15, 0.2) is 53.6 Å². The largest absolute Gasteiger partial charge is 0.480 e. The van der Waals surface area contributed by atoms with Gasteiger partial charge in [-0.05, 0) is 40.6 Å². The molecule has 0 aliphatic heterocycles. The summed E-state index contributed by atoms with van der Waals surface area (Å²) < 4.78 is 5.35. The maximum Gasteiger partial charge on any atom is 0.407 e. The van der Waals surface area contributed by atoms with Gasteiger partial charge in [0.1, 0.15) is 12.6 Å². The van der Waals surface area contributed by atoms with Crippen molar-refractivity contribution in [2.75, 3.05) is 13.2 Å². The van der Waals surface area contributed by atoms with E-state index < -0.39 is 18.1 Å². The van der Waals surface area contributed by atoms with Gasteiger partial charge in [0.05, 0.1) is 0 Å². The summed E-state index contributed by atoms with van der Waals surface area (Å²) in [5, 5.41) is 15.0. The standard InChI is InChI=1S/C20H20N4O4/c21-24-22-11-5-10-18(19(25)26)23-20(27)28-12-17-15-8-3-1-6-13(15)14-7-2-4-9-16(14)17/h1-4,6-9,17-18H,5,10-12H2,(H,23,27)(H,25,26). The molecule has 0 radical (unpaired) electrons. The molecule has 1 atom stereocenters. The van der Waals surface area contributed by atoms with Gasteiger partial charge in [0.25, 0.3) is 0 Å². The Labute approximate surface area is 161 Å². The number of ether oxygens (including phenoxy) is 1. The molecule has 1 unspecified atom stereocenters. The topological polar surface area (TPSA) is 124 Å². The van der Waals surface area contributed by atoms with Gasteiger partial charge in [-0.25, -0.2) is 9.59 Å². The first-order valence-corrected chi connectivity index (χ1v) is 8.97. The predicted molar refractivity (Wildman–Crippen MR) is 103 cm³/mol. The van der Waals surface area contributed by atoms with E-state index in [-0.39, 0.29) is 25.5 Å². The number of nitrogens with zero attached hydrogens (tertiary/aromatic N) is 3. The minimum Gasteiger partial charge on any atom is -0.480 e. The number of fused-ring (bicyclic) bond motifs is 3. The van der Waals surface area contributed by atoms with E-state index in [4.69, 9.17) is 10.3 Å². The van der Waals surface area contributed by atoms with Crippen molar-refractivity contribution >= 4 is 12.1 Å². The molecule has 2 aromatic rings. The van der Waals surface area contributed by atoms with Gasteiger partial charge in [-0.3, -0.25) is 0 Å². The molecule has 1 aliphatic rings. The number of hydrogen-bond donors (Lipinski definition) is 2. The zero-order valence-electron chi connectivity index (χ0n) is 15.1. The Morgan fingerprint density at radius 1 is 1.14 bits per heavy atom. The average molecular weight is 380 g/mol. The Bertz CT molecular complexity index is 878. The van der Waals surface area contributed by atoms with Gasteiger partial charge in [-0.15, -0.1) is 0 Å². The van der Waals surface area contributed by atoms with Crippen LogP contribution in [0.3, 0.4) is 0 Å². The van der Waals surface area contributed by atoms with Crippen LogP contribution in [0.5, 0.6) is 0 Å². The van der Waals surface area contributed by atoms with Crippen LogP contribution in [0.1, 0.15) is 29.9 Å². The molecule has 1 aliphatic carbocycles. The summed E-state index contributed by atoms with van der Waals surface area (Å²) in [6.45, 7) is 0.289. The van der Waals surface area contributed by atoms with Gasteiger partial charge in [-0.2, -0.15) is 0 Å². The molecule has 8 nitrogen and oxygen atoms in total. The van der Waals surface area contributed by atoms with Gasteiger partial charge in [0.15, 0.2) is 0 Å². The molecule has 28 heavy (non-hydrogen) atoms. The molecular formula is C20H20N4O4. The van der Waals surface area contributed by atoms with Crippen LogP contribution in [-0.4, -0.2) is 36.4 Å². The molecule has 2 N–H and O–H groups in total. The summed E-state index contributed by atoms with van der Waals surface area (Å²) in [7, 11) is 0. The second-order valence-corrected chi connectivity index (χ2v) is 6.46. The Balaban J connectivity index is 1.62. The van der Waals surface area contributed by atoms with E-state index in [1.807, 2.05) is 48.5 Å². The quantitative estimate of drug-likeness (QED) is 0.310. The minimum absolute atomic E-state index is 0.0913. The van der Waals surface area contributed by atoms with Crippen molar-refractivity contribution in [1.29, 1.82) is 0 Å². The fraction of sp³-hybridized carbons (Fsp3) is 0.300. The third-order valence-corrected chi connectivity index (χ3v) is 4.75. The molecular weight excluding hydrogens is 360 g/mol. The van der Waals surface area contributed by atoms with Crippen LogP contribution in [-0.2, 0) is 9.53 Å². The first-order chi connectivity index (χ1) is 13.6. The molecule has 0 saturated carbocycles. The lowest BCUT2D eigenvalue weighted by molar-refractivity contribution is -0.139. The summed E-state index contributed by atoms with van der Waals surface area (Å²) in [6.07, 6.45) is -0.276. The van der Waals surface area contributed by atoms with Gasteiger partial charge in [0, 0.05) is 17.4 Å². The van der Waals surface area contributed by atoms with Crippen LogP contribution >= 0.6 is 0 Å². The Morgan fingerprint density at radius 3 is 2.32 bits per heavy atom. The predicted octanol–water partition coefficient (Wildman–Crippen LogP) is 4.07. The fourth-order valence-corrected chi connectivity index (χ4v) is 3.45. The van der Waals surface area contributed by atoms with E-state index in [0.717, 1.165) is 22.3 Å². The number of rotatable bonds is 8. The monoisotopic (exact) mass is 380 g/mol. The number of carbonyl (C=O) groups is 2. The smallest absolute Gasteiger partial charge is 0.407 e. The average Bonchev–Trinajstić information content (AvgIpc) is 3.02. The number of carbonyl (C=O) groups excluding carboxylic acids is 1. The van der Waals surface area contributed by atoms with Gasteiger partial charge < -0.3 is 15.2 Å². The second-order valence-electron chi connectivity index (χ2n) is 6.46. The zero-order chi connectivity index (χ0) is 19.9. The van der Waals surface area contributed by atoms with Crippen LogP contribution in [0, 0.1) is 0 Å². The van der Waals surface area contributed by atoms with Crippen LogP contribution in [0.2, 0.25) is 0 Å².